The summed E-state index contributed by atoms with van der Waals surface area (Å²) in [5, 5.41) is 10.8. The van der Waals surface area contributed by atoms with Crippen molar-refractivity contribution < 1.29 is 4.79 Å². The molecule has 4 rings (SSSR count). The summed E-state index contributed by atoms with van der Waals surface area (Å²) in [6.07, 6.45) is 0. The fraction of sp³-hybridized carbons (Fsp3) is 0.0870. The van der Waals surface area contributed by atoms with Gasteiger partial charge in [0.15, 0.2) is 10.6 Å². The van der Waals surface area contributed by atoms with E-state index in [1.165, 1.54) is 0 Å². The highest BCUT2D eigenvalue weighted by Gasteiger charge is 2.18. The molecular weight excluding hydrogens is 416 g/mol. The Balaban J connectivity index is 1.60. The first-order valence-electron chi connectivity index (χ1n) is 9.42. The van der Waals surface area contributed by atoms with Gasteiger partial charge in [-0.25, -0.2) is 0 Å². The molecule has 30 heavy (non-hydrogen) atoms. The summed E-state index contributed by atoms with van der Waals surface area (Å²) < 4.78 is 2.06. The van der Waals surface area contributed by atoms with Gasteiger partial charge < -0.3 is 5.32 Å². The maximum Gasteiger partial charge on any atom is 0.240 e. The number of hydrogen-bond donors (Lipinski definition) is 2. The molecule has 150 valence electrons. The maximum atomic E-state index is 13.0. The van der Waals surface area contributed by atoms with Crippen LogP contribution in [0.2, 0.25) is 5.02 Å². The Hall–Kier alpha value is -3.22. The minimum absolute atomic E-state index is 0.0451. The van der Waals surface area contributed by atoms with Crippen LogP contribution in [0, 0.1) is 4.77 Å². The molecule has 0 spiro atoms. The molecule has 2 N–H and O–H groups in total. The highest BCUT2D eigenvalue weighted by atomic mass is 35.5. The highest BCUT2D eigenvalue weighted by molar-refractivity contribution is 7.71. The second kappa shape index (κ2) is 9.07. The second-order valence-electron chi connectivity index (χ2n) is 6.77. The molecule has 4 aromatic rings. The van der Waals surface area contributed by atoms with Gasteiger partial charge in [0.1, 0.15) is 6.54 Å². The van der Waals surface area contributed by atoms with E-state index >= 15 is 0 Å². The van der Waals surface area contributed by atoms with Crippen LogP contribution < -0.4 is 5.32 Å². The Kier molecular flexibility index (Phi) is 6.07. The minimum Gasteiger partial charge on any atom is -0.344 e. The van der Waals surface area contributed by atoms with Crippen molar-refractivity contribution in [3.05, 3.63) is 106 Å². The zero-order chi connectivity index (χ0) is 20.9. The van der Waals surface area contributed by atoms with Crippen molar-refractivity contribution in [2.45, 2.75) is 12.6 Å². The summed E-state index contributed by atoms with van der Waals surface area (Å²) in [6, 6.07) is 26.7. The largest absolute Gasteiger partial charge is 0.344 e. The third kappa shape index (κ3) is 4.50. The van der Waals surface area contributed by atoms with E-state index in [-0.39, 0.29) is 18.5 Å². The van der Waals surface area contributed by atoms with Gasteiger partial charge in [-0.1, -0.05) is 72.3 Å². The van der Waals surface area contributed by atoms with Crippen LogP contribution in [0.5, 0.6) is 0 Å². The third-order valence-electron chi connectivity index (χ3n) is 4.73. The number of aromatic amines is 1. The Morgan fingerprint density at radius 2 is 1.53 bits per heavy atom. The van der Waals surface area contributed by atoms with Gasteiger partial charge in [0.05, 0.1) is 6.04 Å². The van der Waals surface area contributed by atoms with Gasteiger partial charge in [0.25, 0.3) is 0 Å². The summed E-state index contributed by atoms with van der Waals surface area (Å²) in [6.45, 7) is 0.0451. The van der Waals surface area contributed by atoms with Crippen LogP contribution in [0.1, 0.15) is 17.2 Å². The second-order valence-corrected chi connectivity index (χ2v) is 7.59. The summed E-state index contributed by atoms with van der Waals surface area (Å²) in [5.74, 6) is 0.420. The summed E-state index contributed by atoms with van der Waals surface area (Å²) >= 11 is 11.3. The molecular formula is C23H19ClN4OS. The van der Waals surface area contributed by atoms with Crippen molar-refractivity contribution in [2.24, 2.45) is 0 Å². The molecule has 0 unspecified atom stereocenters. The van der Waals surface area contributed by atoms with Crippen molar-refractivity contribution >= 4 is 29.7 Å². The predicted octanol–water partition coefficient (Wildman–Crippen LogP) is 5.17. The van der Waals surface area contributed by atoms with Crippen LogP contribution in [-0.4, -0.2) is 20.7 Å². The number of nitrogens with one attached hydrogen (secondary N) is 2. The molecule has 3 aromatic carbocycles. The number of carbonyl (C=O) groups excluding carboxylic acids is 1. The standard InChI is InChI=1S/C23H19ClN4OS/c24-19-13-11-18(12-14-19)22-26-27-23(30)28(22)15-20(29)25-21(16-7-3-1-4-8-16)17-9-5-2-6-10-17/h1-14,21H,15H2,(H,25,29)(H,27,30). The summed E-state index contributed by atoms with van der Waals surface area (Å²) in [7, 11) is 0. The monoisotopic (exact) mass is 434 g/mol. The van der Waals surface area contributed by atoms with E-state index < -0.39 is 0 Å². The molecule has 1 amide bonds. The molecule has 0 aliphatic carbocycles. The lowest BCUT2D eigenvalue weighted by molar-refractivity contribution is -0.122. The highest BCUT2D eigenvalue weighted by Crippen LogP contribution is 2.23. The van der Waals surface area contributed by atoms with Gasteiger partial charge in [-0.15, -0.1) is 0 Å². The number of benzene rings is 3. The summed E-state index contributed by atoms with van der Waals surface area (Å²) in [4.78, 5) is 13.0. The van der Waals surface area contributed by atoms with Gasteiger partial charge in [-0.2, -0.15) is 5.10 Å². The van der Waals surface area contributed by atoms with Crippen LogP contribution in [-0.2, 0) is 11.3 Å². The quantitative estimate of drug-likeness (QED) is 0.411. The number of nitrogens with zero attached hydrogens (tertiary/aromatic N) is 2. The van der Waals surface area contributed by atoms with Crippen molar-refractivity contribution in [2.75, 3.05) is 0 Å². The van der Waals surface area contributed by atoms with Gasteiger partial charge in [-0.3, -0.25) is 14.5 Å². The van der Waals surface area contributed by atoms with Crippen molar-refractivity contribution in [3.8, 4) is 11.4 Å². The average Bonchev–Trinajstić information content (AvgIpc) is 3.14. The molecule has 1 heterocycles. The van der Waals surface area contributed by atoms with E-state index in [0.717, 1.165) is 16.7 Å². The number of H-pyrrole nitrogens is 1. The molecule has 0 radical (unpaired) electrons. The SMILES string of the molecule is O=C(Cn1c(-c2ccc(Cl)cc2)n[nH]c1=S)NC(c1ccccc1)c1ccccc1. The average molecular weight is 435 g/mol. The van der Waals surface area contributed by atoms with Gasteiger partial charge in [0, 0.05) is 10.6 Å². The maximum absolute atomic E-state index is 13.0. The lowest BCUT2D eigenvalue weighted by atomic mass is 9.99. The molecule has 0 bridgehead atoms. The summed E-state index contributed by atoms with van der Waals surface area (Å²) in [5.41, 5.74) is 2.83. The van der Waals surface area contributed by atoms with Crippen molar-refractivity contribution in [1.82, 2.24) is 20.1 Å². The van der Waals surface area contributed by atoms with Crippen LogP contribution in [0.4, 0.5) is 0 Å². The minimum atomic E-state index is -0.264. The molecule has 0 saturated heterocycles. The van der Waals surface area contributed by atoms with Crippen molar-refractivity contribution in [1.29, 1.82) is 0 Å². The zero-order valence-corrected chi connectivity index (χ0v) is 17.5. The normalized spacial score (nSPS) is 10.9. The number of aromatic nitrogens is 3. The Morgan fingerprint density at radius 1 is 0.967 bits per heavy atom. The topological polar surface area (TPSA) is 62.7 Å². The van der Waals surface area contributed by atoms with Gasteiger partial charge in [0.2, 0.25) is 5.91 Å². The molecule has 0 fully saturated rings. The van der Waals surface area contributed by atoms with Crippen LogP contribution in [0.3, 0.4) is 0 Å². The molecule has 1 aromatic heterocycles. The van der Waals surface area contributed by atoms with Crippen LogP contribution >= 0.6 is 23.8 Å². The number of rotatable bonds is 6. The van der Waals surface area contributed by atoms with E-state index in [4.69, 9.17) is 23.8 Å². The van der Waals surface area contributed by atoms with Crippen LogP contribution in [0.15, 0.2) is 84.9 Å². The van der Waals surface area contributed by atoms with Crippen molar-refractivity contribution in [3.63, 3.8) is 0 Å². The molecule has 7 heteroatoms. The smallest absolute Gasteiger partial charge is 0.240 e. The van der Waals surface area contributed by atoms with Gasteiger partial charge >= 0.3 is 0 Å². The molecule has 5 nitrogen and oxygen atoms in total. The van der Waals surface area contributed by atoms with E-state index in [1.807, 2.05) is 72.8 Å². The van der Waals surface area contributed by atoms with E-state index in [9.17, 15) is 4.79 Å². The van der Waals surface area contributed by atoms with E-state index in [0.29, 0.717) is 15.6 Å². The Labute approximate surface area is 184 Å². The molecule has 0 aliphatic rings. The van der Waals surface area contributed by atoms with E-state index in [1.54, 1.807) is 16.7 Å². The van der Waals surface area contributed by atoms with Gasteiger partial charge in [-0.05, 0) is 47.6 Å². The number of halogens is 1. The molecule has 0 aliphatic heterocycles. The number of hydrogen-bond acceptors (Lipinski definition) is 3. The fourth-order valence-corrected chi connectivity index (χ4v) is 3.61. The number of amides is 1. The molecule has 0 saturated carbocycles. The fourth-order valence-electron chi connectivity index (χ4n) is 3.28. The Bertz CT molecular complexity index is 1150. The first kappa shape index (κ1) is 20.1. The first-order chi connectivity index (χ1) is 14.6. The van der Waals surface area contributed by atoms with E-state index in [2.05, 4.69) is 15.5 Å². The first-order valence-corrected chi connectivity index (χ1v) is 10.2. The molecule has 0 atom stereocenters. The third-order valence-corrected chi connectivity index (χ3v) is 5.30. The zero-order valence-electron chi connectivity index (χ0n) is 16.0. The number of carbonyl (C=O) groups is 1. The lowest BCUT2D eigenvalue weighted by Gasteiger charge is -2.20. The lowest BCUT2D eigenvalue weighted by Crippen LogP contribution is -2.32. The van der Waals surface area contributed by atoms with Crippen LogP contribution in [0.25, 0.3) is 11.4 Å². The predicted molar refractivity (Wildman–Crippen MR) is 121 cm³/mol. The Morgan fingerprint density at radius 3 is 2.10 bits per heavy atom.